The molecule has 0 unspecified atom stereocenters. The standard InChI is InChI=1S/C22H32N2O/c1-14-5-8-20-18-7-6-15-12-21(25)16(13-23-24(3)4)11-19(15)17(18)9-10-22(14,20)2/h11-14,17-18,20,25H,5-10H2,1-4H3/b23-13+/t14-,17-,18+,20-,22+/m0/s1. The monoisotopic (exact) mass is 340 g/mol. The summed E-state index contributed by atoms with van der Waals surface area (Å²) in [6.07, 6.45) is 9.72. The first-order chi connectivity index (χ1) is 11.9. The highest BCUT2D eigenvalue weighted by Crippen LogP contribution is 2.62. The van der Waals surface area contributed by atoms with E-state index in [1.165, 1.54) is 43.2 Å². The van der Waals surface area contributed by atoms with Gasteiger partial charge in [0.15, 0.2) is 0 Å². The molecule has 3 nitrogen and oxygen atoms in total. The molecule has 4 rings (SSSR count). The predicted molar refractivity (Wildman–Crippen MR) is 103 cm³/mol. The Balaban J connectivity index is 1.69. The van der Waals surface area contributed by atoms with Gasteiger partial charge in [-0.2, -0.15) is 5.10 Å². The highest BCUT2D eigenvalue weighted by molar-refractivity contribution is 5.84. The van der Waals surface area contributed by atoms with E-state index in [1.807, 2.05) is 20.2 Å². The molecule has 1 aromatic rings. The number of phenolic OH excluding ortho intramolecular Hbond substituents is 1. The predicted octanol–water partition coefficient (Wildman–Crippen LogP) is 4.78. The van der Waals surface area contributed by atoms with E-state index in [-0.39, 0.29) is 0 Å². The van der Waals surface area contributed by atoms with Gasteiger partial charge in [-0.15, -0.1) is 0 Å². The second kappa shape index (κ2) is 6.03. The SMILES string of the molecule is C[C@H]1CC[C@H]2[C@@H]3CCc4cc(O)c(/C=N/N(C)C)cc4[C@H]3CC[C@]12C. The van der Waals surface area contributed by atoms with Crippen molar-refractivity contribution in [3.05, 3.63) is 28.8 Å². The Kier molecular flexibility index (Phi) is 4.09. The average molecular weight is 341 g/mol. The van der Waals surface area contributed by atoms with Gasteiger partial charge >= 0.3 is 0 Å². The number of benzene rings is 1. The molecule has 1 N–H and O–H groups in total. The Labute approximate surface area is 152 Å². The van der Waals surface area contributed by atoms with Crippen molar-refractivity contribution < 1.29 is 5.11 Å². The molecule has 25 heavy (non-hydrogen) atoms. The van der Waals surface area contributed by atoms with Gasteiger partial charge in [-0.3, -0.25) is 0 Å². The van der Waals surface area contributed by atoms with Crippen LogP contribution in [0.2, 0.25) is 0 Å². The summed E-state index contributed by atoms with van der Waals surface area (Å²) < 4.78 is 0. The van der Waals surface area contributed by atoms with Crippen LogP contribution in [0, 0.1) is 23.2 Å². The summed E-state index contributed by atoms with van der Waals surface area (Å²) in [7, 11) is 3.82. The van der Waals surface area contributed by atoms with Crippen LogP contribution in [0.4, 0.5) is 0 Å². The Morgan fingerprint density at radius 1 is 1.20 bits per heavy atom. The quantitative estimate of drug-likeness (QED) is 0.621. The van der Waals surface area contributed by atoms with Crippen LogP contribution in [-0.2, 0) is 6.42 Å². The number of hydrogen-bond acceptors (Lipinski definition) is 3. The minimum absolute atomic E-state index is 0.373. The molecule has 0 aliphatic heterocycles. The summed E-state index contributed by atoms with van der Waals surface area (Å²) in [6, 6.07) is 4.24. The minimum Gasteiger partial charge on any atom is -0.507 e. The molecule has 0 aromatic heterocycles. The first-order valence-electron chi connectivity index (χ1n) is 9.97. The molecule has 0 amide bonds. The van der Waals surface area contributed by atoms with E-state index in [1.54, 1.807) is 11.2 Å². The third kappa shape index (κ3) is 2.67. The van der Waals surface area contributed by atoms with Crippen molar-refractivity contribution in [2.45, 2.75) is 58.3 Å². The van der Waals surface area contributed by atoms with Gasteiger partial charge in [-0.1, -0.05) is 13.8 Å². The van der Waals surface area contributed by atoms with Gasteiger partial charge in [-0.05, 0) is 90.9 Å². The van der Waals surface area contributed by atoms with E-state index in [9.17, 15) is 5.11 Å². The zero-order chi connectivity index (χ0) is 17.8. The number of nitrogens with zero attached hydrogens (tertiary/aromatic N) is 2. The van der Waals surface area contributed by atoms with E-state index < -0.39 is 0 Å². The van der Waals surface area contributed by atoms with Gasteiger partial charge in [0, 0.05) is 19.7 Å². The molecular weight excluding hydrogens is 308 g/mol. The Morgan fingerprint density at radius 3 is 2.76 bits per heavy atom. The Hall–Kier alpha value is -1.51. The van der Waals surface area contributed by atoms with E-state index in [0.29, 0.717) is 17.1 Å². The molecule has 0 spiro atoms. The minimum atomic E-state index is 0.373. The summed E-state index contributed by atoms with van der Waals surface area (Å²) in [5, 5.41) is 16.5. The van der Waals surface area contributed by atoms with Gasteiger partial charge in [0.05, 0.1) is 6.21 Å². The fourth-order valence-corrected chi connectivity index (χ4v) is 6.17. The summed E-state index contributed by atoms with van der Waals surface area (Å²) >= 11 is 0. The number of hydrogen-bond donors (Lipinski definition) is 1. The number of phenols is 1. The first kappa shape index (κ1) is 16.9. The summed E-state index contributed by atoms with van der Waals surface area (Å²) in [5.74, 6) is 3.65. The molecule has 5 atom stereocenters. The maximum absolute atomic E-state index is 10.4. The van der Waals surface area contributed by atoms with Crippen LogP contribution < -0.4 is 0 Å². The van der Waals surface area contributed by atoms with Gasteiger partial charge in [0.25, 0.3) is 0 Å². The fraction of sp³-hybridized carbons (Fsp3) is 0.682. The molecule has 3 aliphatic carbocycles. The maximum atomic E-state index is 10.4. The molecule has 2 saturated carbocycles. The van der Waals surface area contributed by atoms with Crippen LogP contribution in [-0.4, -0.2) is 30.4 Å². The largest absolute Gasteiger partial charge is 0.507 e. The van der Waals surface area contributed by atoms with Crippen LogP contribution >= 0.6 is 0 Å². The Morgan fingerprint density at radius 2 is 2.00 bits per heavy atom. The zero-order valence-corrected chi connectivity index (χ0v) is 16.1. The summed E-state index contributed by atoms with van der Waals surface area (Å²) in [6.45, 7) is 5.04. The Bertz CT molecular complexity index is 696. The van der Waals surface area contributed by atoms with Crippen LogP contribution in [0.1, 0.15) is 68.6 Å². The molecule has 0 heterocycles. The highest BCUT2D eigenvalue weighted by Gasteiger charge is 2.53. The van der Waals surface area contributed by atoms with E-state index in [2.05, 4.69) is 25.0 Å². The lowest BCUT2D eigenvalue weighted by molar-refractivity contribution is 0.0336. The number of aromatic hydroxyl groups is 1. The van der Waals surface area contributed by atoms with Crippen molar-refractivity contribution in [3.63, 3.8) is 0 Å². The molecule has 0 radical (unpaired) electrons. The molecule has 136 valence electrons. The number of rotatable bonds is 2. The third-order valence-corrected chi connectivity index (χ3v) is 7.77. The van der Waals surface area contributed by atoms with E-state index in [4.69, 9.17) is 0 Å². The second-order valence-electron chi connectivity index (χ2n) is 9.14. The number of hydrazone groups is 1. The van der Waals surface area contributed by atoms with Crippen LogP contribution in [0.5, 0.6) is 5.75 Å². The van der Waals surface area contributed by atoms with Crippen molar-refractivity contribution in [3.8, 4) is 5.75 Å². The highest BCUT2D eigenvalue weighted by atomic mass is 16.3. The van der Waals surface area contributed by atoms with Gasteiger partial charge in [0.2, 0.25) is 0 Å². The summed E-state index contributed by atoms with van der Waals surface area (Å²) in [5.41, 5.74) is 4.29. The topological polar surface area (TPSA) is 35.8 Å². The molecular formula is C22H32N2O. The van der Waals surface area contributed by atoms with Gasteiger partial charge in [-0.25, -0.2) is 0 Å². The molecule has 0 saturated heterocycles. The van der Waals surface area contributed by atoms with Gasteiger partial charge < -0.3 is 10.1 Å². The van der Waals surface area contributed by atoms with Crippen molar-refractivity contribution in [2.75, 3.05) is 14.1 Å². The lowest BCUT2D eigenvalue weighted by atomic mass is 9.54. The molecule has 0 bridgehead atoms. The van der Waals surface area contributed by atoms with Gasteiger partial charge in [0.1, 0.15) is 5.75 Å². The maximum Gasteiger partial charge on any atom is 0.124 e. The first-order valence-corrected chi connectivity index (χ1v) is 9.97. The van der Waals surface area contributed by atoms with E-state index in [0.717, 1.165) is 29.7 Å². The van der Waals surface area contributed by atoms with Crippen LogP contribution in [0.3, 0.4) is 0 Å². The second-order valence-corrected chi connectivity index (χ2v) is 9.14. The number of aryl methyl sites for hydroxylation is 1. The van der Waals surface area contributed by atoms with E-state index >= 15 is 0 Å². The lowest BCUT2D eigenvalue weighted by Gasteiger charge is -2.50. The molecule has 2 fully saturated rings. The van der Waals surface area contributed by atoms with Crippen molar-refractivity contribution in [1.29, 1.82) is 0 Å². The molecule has 1 aromatic carbocycles. The van der Waals surface area contributed by atoms with Crippen LogP contribution in [0.15, 0.2) is 17.2 Å². The van der Waals surface area contributed by atoms with Crippen molar-refractivity contribution in [1.82, 2.24) is 5.01 Å². The average Bonchev–Trinajstić information content (AvgIpc) is 2.88. The van der Waals surface area contributed by atoms with Crippen molar-refractivity contribution >= 4 is 6.21 Å². The molecule has 3 aliphatic rings. The smallest absolute Gasteiger partial charge is 0.124 e. The van der Waals surface area contributed by atoms with Crippen LogP contribution in [0.25, 0.3) is 0 Å². The lowest BCUT2D eigenvalue weighted by Crippen LogP contribution is -2.41. The summed E-state index contributed by atoms with van der Waals surface area (Å²) in [4.78, 5) is 0. The third-order valence-electron chi connectivity index (χ3n) is 7.77. The number of fused-ring (bicyclic) bond motifs is 5. The fourth-order valence-electron chi connectivity index (χ4n) is 6.17. The molecule has 3 heteroatoms. The normalized spacial score (nSPS) is 36.8. The zero-order valence-electron chi connectivity index (χ0n) is 16.1. The van der Waals surface area contributed by atoms with Crippen molar-refractivity contribution in [2.24, 2.45) is 28.3 Å².